The number of halogens is 3. The maximum absolute atomic E-state index is 14.0. The maximum Gasteiger partial charge on any atom is 0.245 e. The molecule has 2 aromatic rings. The van der Waals surface area contributed by atoms with Gasteiger partial charge in [-0.2, -0.15) is 0 Å². The second-order valence-corrected chi connectivity index (χ2v) is 11.6. The van der Waals surface area contributed by atoms with Crippen LogP contribution in [0.5, 0.6) is 0 Å². The molecule has 0 spiro atoms. The number of nitrogens with zero attached hydrogens (tertiary/aromatic N) is 2. The van der Waals surface area contributed by atoms with E-state index in [9.17, 15) is 14.0 Å². The molecular weight excluding hydrogens is 552 g/mol. The Labute approximate surface area is 246 Å². The summed E-state index contributed by atoms with van der Waals surface area (Å²) >= 11 is 12.4. The summed E-state index contributed by atoms with van der Waals surface area (Å²) in [5, 5.41) is 7.35. The van der Waals surface area contributed by atoms with Gasteiger partial charge in [-0.1, -0.05) is 60.3 Å². The van der Waals surface area contributed by atoms with Crippen molar-refractivity contribution in [1.29, 1.82) is 0 Å². The molecule has 1 heterocycles. The number of hydrogen-bond donors (Lipinski definition) is 3. The molecule has 10 heteroatoms. The van der Waals surface area contributed by atoms with Crippen molar-refractivity contribution >= 4 is 35.0 Å². The predicted octanol–water partition coefficient (Wildman–Crippen LogP) is 4.00. The van der Waals surface area contributed by atoms with Crippen LogP contribution in [0, 0.1) is 11.7 Å². The molecule has 1 aliphatic carbocycles. The Morgan fingerprint density at radius 1 is 1.02 bits per heavy atom. The van der Waals surface area contributed by atoms with E-state index >= 15 is 0 Å². The molecule has 2 fully saturated rings. The summed E-state index contributed by atoms with van der Waals surface area (Å²) < 4.78 is 14.0. The van der Waals surface area contributed by atoms with Gasteiger partial charge in [-0.3, -0.25) is 14.5 Å². The molecule has 1 unspecified atom stereocenters. The SMILES string of the molecule is NCCC(=O)NC(Cc1ccc(Cl)cc1Cl)C(=O)N1CCN([C@H]2CCCC[C@H]2CNCc2ccccc2F)CC1. The Kier molecular flexibility index (Phi) is 11.6. The van der Waals surface area contributed by atoms with Crippen molar-refractivity contribution in [1.82, 2.24) is 20.4 Å². The van der Waals surface area contributed by atoms with E-state index in [2.05, 4.69) is 15.5 Å². The third-order valence-corrected chi connectivity index (χ3v) is 8.67. The molecule has 0 aromatic heterocycles. The van der Waals surface area contributed by atoms with E-state index in [1.165, 1.54) is 18.9 Å². The number of piperazine rings is 1. The molecule has 4 rings (SSSR count). The Balaban J connectivity index is 1.34. The first-order valence-electron chi connectivity index (χ1n) is 14.3. The highest BCUT2D eigenvalue weighted by Gasteiger charge is 2.34. The molecule has 7 nitrogen and oxygen atoms in total. The van der Waals surface area contributed by atoms with Gasteiger partial charge in [-0.15, -0.1) is 0 Å². The third kappa shape index (κ3) is 8.40. The Morgan fingerprint density at radius 3 is 2.50 bits per heavy atom. The van der Waals surface area contributed by atoms with Crippen molar-refractivity contribution in [2.45, 2.75) is 57.2 Å². The quantitative estimate of drug-likeness (QED) is 0.367. The summed E-state index contributed by atoms with van der Waals surface area (Å²) in [5.41, 5.74) is 7.01. The molecule has 1 saturated carbocycles. The zero-order valence-electron chi connectivity index (χ0n) is 22.9. The molecule has 2 aromatic carbocycles. The molecule has 218 valence electrons. The first kappa shape index (κ1) is 30.7. The van der Waals surface area contributed by atoms with Gasteiger partial charge < -0.3 is 21.3 Å². The van der Waals surface area contributed by atoms with Crippen molar-refractivity contribution in [2.24, 2.45) is 11.7 Å². The average molecular weight is 593 g/mol. The molecule has 2 aliphatic rings. The second-order valence-electron chi connectivity index (χ2n) is 10.8. The van der Waals surface area contributed by atoms with Crippen molar-refractivity contribution < 1.29 is 14.0 Å². The lowest BCUT2D eigenvalue weighted by atomic mass is 9.83. The molecule has 3 atom stereocenters. The Bertz CT molecular complexity index is 1140. The Morgan fingerprint density at radius 2 is 1.77 bits per heavy atom. The first-order chi connectivity index (χ1) is 19.4. The van der Waals surface area contributed by atoms with Gasteiger partial charge in [0.1, 0.15) is 11.9 Å². The van der Waals surface area contributed by atoms with Crippen molar-refractivity contribution in [2.75, 3.05) is 39.3 Å². The molecule has 40 heavy (non-hydrogen) atoms. The van der Waals surface area contributed by atoms with Crippen LogP contribution < -0.4 is 16.4 Å². The lowest BCUT2D eigenvalue weighted by Crippen LogP contribution is -2.58. The highest BCUT2D eigenvalue weighted by atomic mass is 35.5. The molecule has 0 radical (unpaired) electrons. The van der Waals surface area contributed by atoms with Crippen LogP contribution in [0.25, 0.3) is 0 Å². The number of benzene rings is 2. The van der Waals surface area contributed by atoms with Crippen LogP contribution >= 0.6 is 23.2 Å². The molecule has 2 amide bonds. The van der Waals surface area contributed by atoms with Gasteiger partial charge in [0.25, 0.3) is 0 Å². The molecule has 1 aliphatic heterocycles. The second kappa shape index (κ2) is 15.1. The van der Waals surface area contributed by atoms with E-state index in [0.29, 0.717) is 47.2 Å². The Hall–Kier alpha value is -2.23. The van der Waals surface area contributed by atoms with Crippen molar-refractivity contribution in [3.63, 3.8) is 0 Å². The molecule has 0 bridgehead atoms. The van der Waals surface area contributed by atoms with Crippen LogP contribution in [0.3, 0.4) is 0 Å². The fourth-order valence-corrected chi connectivity index (χ4v) is 6.43. The lowest BCUT2D eigenvalue weighted by molar-refractivity contribution is -0.138. The smallest absolute Gasteiger partial charge is 0.245 e. The van der Waals surface area contributed by atoms with Gasteiger partial charge in [0.2, 0.25) is 11.8 Å². The summed E-state index contributed by atoms with van der Waals surface area (Å²) in [6.45, 7) is 4.34. The van der Waals surface area contributed by atoms with Gasteiger partial charge >= 0.3 is 0 Å². The third-order valence-electron chi connectivity index (χ3n) is 8.09. The predicted molar refractivity (Wildman–Crippen MR) is 158 cm³/mol. The first-order valence-corrected chi connectivity index (χ1v) is 15.0. The highest BCUT2D eigenvalue weighted by Crippen LogP contribution is 2.29. The van der Waals surface area contributed by atoms with E-state index in [4.69, 9.17) is 28.9 Å². The number of nitrogens with one attached hydrogen (secondary N) is 2. The standard InChI is InChI=1S/C30H40Cl2FN5O2/c31-24-10-9-21(25(32)18-24)17-27(36-29(39)11-12-34)30(40)38-15-13-37(14-16-38)28-8-4-2-6-23(28)20-35-19-22-5-1-3-7-26(22)33/h1,3,5,7,9-10,18,23,27-28,35H,2,4,6,8,11-17,19-20,34H2,(H,36,39)/t23-,27?,28-/m0/s1. The average Bonchev–Trinajstić information content (AvgIpc) is 2.95. The number of nitrogens with two attached hydrogens (primary N) is 1. The monoisotopic (exact) mass is 591 g/mol. The van der Waals surface area contributed by atoms with E-state index in [1.807, 2.05) is 17.0 Å². The van der Waals surface area contributed by atoms with Crippen LogP contribution in [0.1, 0.15) is 43.2 Å². The van der Waals surface area contributed by atoms with Gasteiger partial charge in [-0.05, 0) is 49.1 Å². The normalized spacial score (nSPS) is 20.8. The van der Waals surface area contributed by atoms with Crippen LogP contribution in [0.4, 0.5) is 4.39 Å². The minimum absolute atomic E-state index is 0.109. The van der Waals surface area contributed by atoms with Gasteiger partial charge in [0.15, 0.2) is 0 Å². The zero-order valence-corrected chi connectivity index (χ0v) is 24.4. The minimum Gasteiger partial charge on any atom is -0.344 e. The van der Waals surface area contributed by atoms with Gasteiger partial charge in [-0.25, -0.2) is 4.39 Å². The lowest BCUT2D eigenvalue weighted by Gasteiger charge is -2.45. The highest BCUT2D eigenvalue weighted by molar-refractivity contribution is 6.35. The summed E-state index contributed by atoms with van der Waals surface area (Å²) in [4.78, 5) is 30.4. The molecule has 4 N–H and O–H groups in total. The van der Waals surface area contributed by atoms with Crippen molar-refractivity contribution in [3.05, 3.63) is 69.5 Å². The fourth-order valence-electron chi connectivity index (χ4n) is 5.94. The minimum atomic E-state index is -0.728. The molecule has 1 saturated heterocycles. The fraction of sp³-hybridized carbons (Fsp3) is 0.533. The zero-order chi connectivity index (χ0) is 28.5. The largest absolute Gasteiger partial charge is 0.344 e. The van der Waals surface area contributed by atoms with E-state index in [-0.39, 0.29) is 37.0 Å². The number of hydrogen-bond acceptors (Lipinski definition) is 5. The van der Waals surface area contributed by atoms with Crippen LogP contribution in [0.15, 0.2) is 42.5 Å². The van der Waals surface area contributed by atoms with E-state index in [0.717, 1.165) is 38.0 Å². The number of amides is 2. The molecular formula is C30H40Cl2FN5O2. The van der Waals surface area contributed by atoms with Gasteiger partial charge in [0.05, 0.1) is 0 Å². The summed E-state index contributed by atoms with van der Waals surface area (Å²) in [6.07, 6.45) is 5.12. The van der Waals surface area contributed by atoms with Crippen LogP contribution in [0.2, 0.25) is 10.0 Å². The van der Waals surface area contributed by atoms with Gasteiger partial charge in [0, 0.05) is 73.8 Å². The number of rotatable bonds is 11. The summed E-state index contributed by atoms with van der Waals surface area (Å²) in [5.74, 6) is -0.0507. The number of carbonyl (C=O) groups excluding carboxylic acids is 2. The topological polar surface area (TPSA) is 90.7 Å². The van der Waals surface area contributed by atoms with Crippen LogP contribution in [-0.4, -0.2) is 73.0 Å². The summed E-state index contributed by atoms with van der Waals surface area (Å²) in [7, 11) is 0. The maximum atomic E-state index is 14.0. The summed E-state index contributed by atoms with van der Waals surface area (Å²) in [6, 6.07) is 11.8. The van der Waals surface area contributed by atoms with Crippen LogP contribution in [-0.2, 0) is 22.6 Å². The van der Waals surface area contributed by atoms with E-state index < -0.39 is 6.04 Å². The van der Waals surface area contributed by atoms with Crippen molar-refractivity contribution in [3.8, 4) is 0 Å². The number of carbonyl (C=O) groups is 2. The van der Waals surface area contributed by atoms with E-state index in [1.54, 1.807) is 24.3 Å².